The molecule has 2 aromatic heterocycles. The fourth-order valence-electron chi connectivity index (χ4n) is 1.72. The van der Waals surface area contributed by atoms with Crippen LogP contribution in [0.15, 0.2) is 17.8 Å². The first-order valence-corrected chi connectivity index (χ1v) is 6.62. The topological polar surface area (TPSA) is 70.9 Å². The van der Waals surface area contributed by atoms with E-state index >= 15 is 0 Å². The van der Waals surface area contributed by atoms with Crippen LogP contribution in [-0.4, -0.2) is 32.7 Å². The van der Waals surface area contributed by atoms with Gasteiger partial charge in [0.1, 0.15) is 0 Å². The zero-order chi connectivity index (χ0) is 13.0. The van der Waals surface area contributed by atoms with Gasteiger partial charge in [-0.25, -0.2) is 9.97 Å². The molecule has 0 fully saturated rings. The molecule has 0 saturated heterocycles. The summed E-state index contributed by atoms with van der Waals surface area (Å²) in [6, 6.07) is 1.83. The van der Waals surface area contributed by atoms with E-state index in [9.17, 15) is 5.11 Å². The molecule has 0 aromatic carbocycles. The third-order valence-corrected chi connectivity index (χ3v) is 3.27. The Labute approximate surface area is 110 Å². The van der Waals surface area contributed by atoms with E-state index in [-0.39, 0.29) is 12.6 Å². The highest BCUT2D eigenvalue weighted by molar-refractivity contribution is 7.09. The van der Waals surface area contributed by atoms with Crippen molar-refractivity contribution in [3.63, 3.8) is 0 Å². The first-order chi connectivity index (χ1) is 8.67. The van der Waals surface area contributed by atoms with Crippen molar-refractivity contribution in [2.24, 2.45) is 0 Å². The molecule has 96 valence electrons. The summed E-state index contributed by atoms with van der Waals surface area (Å²) in [6.07, 6.45) is 2.54. The van der Waals surface area contributed by atoms with Gasteiger partial charge in [0.2, 0.25) is 5.95 Å². The number of hydrogen-bond donors (Lipinski definition) is 2. The van der Waals surface area contributed by atoms with Gasteiger partial charge in [0.25, 0.3) is 0 Å². The summed E-state index contributed by atoms with van der Waals surface area (Å²) in [4.78, 5) is 13.8. The summed E-state index contributed by atoms with van der Waals surface area (Å²) in [5, 5.41) is 12.5. The Morgan fingerprint density at radius 2 is 2.06 bits per heavy atom. The van der Waals surface area contributed by atoms with Crippen LogP contribution in [0.25, 0.3) is 0 Å². The molecule has 0 aliphatic carbocycles. The van der Waals surface area contributed by atoms with Crippen molar-refractivity contribution < 1.29 is 5.11 Å². The Bertz CT molecular complexity index is 481. The first-order valence-electron chi connectivity index (χ1n) is 5.74. The van der Waals surface area contributed by atoms with Crippen molar-refractivity contribution in [3.05, 3.63) is 34.0 Å². The quantitative estimate of drug-likeness (QED) is 0.857. The van der Waals surface area contributed by atoms with Crippen LogP contribution in [0.3, 0.4) is 0 Å². The van der Waals surface area contributed by atoms with Crippen molar-refractivity contribution >= 4 is 17.3 Å². The maximum Gasteiger partial charge on any atom is 0.223 e. The lowest BCUT2D eigenvalue weighted by Crippen LogP contribution is -2.27. The molecule has 2 aromatic rings. The zero-order valence-electron chi connectivity index (χ0n) is 10.4. The van der Waals surface area contributed by atoms with E-state index in [1.54, 1.807) is 16.8 Å². The first kappa shape index (κ1) is 12.9. The minimum Gasteiger partial charge on any atom is -0.394 e. The van der Waals surface area contributed by atoms with Crippen LogP contribution < -0.4 is 5.32 Å². The lowest BCUT2D eigenvalue weighted by Gasteiger charge is -2.15. The second-order valence-electron chi connectivity index (χ2n) is 4.17. The molecule has 2 rings (SSSR count). The second-order valence-corrected chi connectivity index (χ2v) is 5.14. The monoisotopic (exact) mass is 264 g/mol. The van der Waals surface area contributed by atoms with Crippen molar-refractivity contribution in [2.45, 2.75) is 26.3 Å². The van der Waals surface area contributed by atoms with E-state index in [0.29, 0.717) is 5.95 Å². The Kier molecular flexibility index (Phi) is 4.22. The van der Waals surface area contributed by atoms with Gasteiger partial charge in [-0.1, -0.05) is 0 Å². The van der Waals surface area contributed by atoms with E-state index in [0.717, 1.165) is 22.7 Å². The van der Waals surface area contributed by atoms with Gasteiger partial charge in [0, 0.05) is 28.9 Å². The molecule has 0 spiro atoms. The maximum absolute atomic E-state index is 9.39. The molecule has 18 heavy (non-hydrogen) atoms. The molecule has 0 amide bonds. The van der Waals surface area contributed by atoms with Crippen molar-refractivity contribution in [1.82, 2.24) is 15.0 Å². The van der Waals surface area contributed by atoms with E-state index in [4.69, 9.17) is 0 Å². The minimum absolute atomic E-state index is 0.0360. The lowest BCUT2D eigenvalue weighted by molar-refractivity contribution is 0.273. The van der Waals surface area contributed by atoms with E-state index in [1.807, 2.05) is 26.1 Å². The van der Waals surface area contributed by atoms with Gasteiger partial charge in [-0.15, -0.1) is 11.3 Å². The van der Waals surface area contributed by atoms with Crippen LogP contribution in [0.4, 0.5) is 5.95 Å². The lowest BCUT2D eigenvalue weighted by atomic mass is 10.2. The number of aromatic nitrogens is 3. The molecule has 0 bridgehead atoms. The van der Waals surface area contributed by atoms with Gasteiger partial charge in [-0.2, -0.15) is 0 Å². The van der Waals surface area contributed by atoms with Gasteiger partial charge in [0.05, 0.1) is 18.2 Å². The van der Waals surface area contributed by atoms with Crippen LogP contribution in [0.1, 0.15) is 16.3 Å². The molecule has 6 heteroatoms. The number of aryl methyl sites for hydroxylation is 2. The Morgan fingerprint density at radius 1 is 1.33 bits per heavy atom. The highest BCUT2D eigenvalue weighted by Crippen LogP contribution is 2.12. The number of anilines is 1. The SMILES string of the molecule is Cc1cc(C)nc(NC(CO)Cc2cncs2)n1. The Hall–Kier alpha value is -1.53. The summed E-state index contributed by atoms with van der Waals surface area (Å²) in [7, 11) is 0. The summed E-state index contributed by atoms with van der Waals surface area (Å²) < 4.78 is 0. The molecule has 0 aliphatic rings. The number of thiazole rings is 1. The number of nitrogens with one attached hydrogen (secondary N) is 1. The van der Waals surface area contributed by atoms with E-state index in [2.05, 4.69) is 20.3 Å². The smallest absolute Gasteiger partial charge is 0.223 e. The average molecular weight is 264 g/mol. The largest absolute Gasteiger partial charge is 0.394 e. The zero-order valence-corrected chi connectivity index (χ0v) is 11.2. The molecular weight excluding hydrogens is 248 g/mol. The van der Waals surface area contributed by atoms with E-state index in [1.165, 1.54) is 0 Å². The predicted octanol–water partition coefficient (Wildman–Crippen LogP) is 1.57. The minimum atomic E-state index is -0.0911. The van der Waals surface area contributed by atoms with Crippen molar-refractivity contribution in [2.75, 3.05) is 11.9 Å². The molecule has 5 nitrogen and oxygen atoms in total. The second kappa shape index (κ2) is 5.88. The highest BCUT2D eigenvalue weighted by atomic mass is 32.1. The van der Waals surface area contributed by atoms with Crippen LogP contribution in [0.2, 0.25) is 0 Å². The standard InChI is InChI=1S/C12H16N4OS/c1-8-3-9(2)15-12(14-8)16-10(6-17)4-11-5-13-7-18-11/h3,5,7,10,17H,4,6H2,1-2H3,(H,14,15,16). The van der Waals surface area contributed by atoms with E-state index < -0.39 is 0 Å². The molecule has 2 heterocycles. The molecule has 0 saturated carbocycles. The third kappa shape index (κ3) is 3.48. The maximum atomic E-state index is 9.39. The molecule has 1 atom stereocenters. The van der Waals surface area contributed by atoms with Gasteiger partial charge in [-0.3, -0.25) is 4.98 Å². The van der Waals surface area contributed by atoms with Crippen molar-refractivity contribution in [1.29, 1.82) is 0 Å². The van der Waals surface area contributed by atoms with Crippen LogP contribution >= 0.6 is 11.3 Å². The number of nitrogens with zero attached hydrogens (tertiary/aromatic N) is 3. The normalized spacial score (nSPS) is 12.4. The van der Waals surface area contributed by atoms with Crippen molar-refractivity contribution in [3.8, 4) is 0 Å². The summed E-state index contributed by atoms with van der Waals surface area (Å²) in [5.41, 5.74) is 3.62. The highest BCUT2D eigenvalue weighted by Gasteiger charge is 2.11. The summed E-state index contributed by atoms with van der Waals surface area (Å²) in [6.45, 7) is 3.89. The van der Waals surface area contributed by atoms with Gasteiger partial charge < -0.3 is 10.4 Å². The van der Waals surface area contributed by atoms with Crippen LogP contribution in [0.5, 0.6) is 0 Å². The van der Waals surface area contributed by atoms with Gasteiger partial charge in [0.15, 0.2) is 0 Å². The van der Waals surface area contributed by atoms with Gasteiger partial charge in [-0.05, 0) is 19.9 Å². The number of aliphatic hydroxyl groups excluding tert-OH is 1. The number of hydrogen-bond acceptors (Lipinski definition) is 6. The Morgan fingerprint density at radius 3 is 2.61 bits per heavy atom. The summed E-state index contributed by atoms with van der Waals surface area (Å²) in [5.74, 6) is 0.566. The Balaban J connectivity index is 2.05. The number of rotatable bonds is 5. The predicted molar refractivity (Wildman–Crippen MR) is 71.8 cm³/mol. The molecule has 1 unspecified atom stereocenters. The number of aliphatic hydroxyl groups is 1. The molecule has 2 N–H and O–H groups in total. The fourth-order valence-corrected chi connectivity index (χ4v) is 2.40. The molecule has 0 radical (unpaired) electrons. The average Bonchev–Trinajstić information content (AvgIpc) is 2.79. The van der Waals surface area contributed by atoms with Gasteiger partial charge >= 0.3 is 0 Å². The third-order valence-electron chi connectivity index (χ3n) is 2.47. The fraction of sp³-hybridized carbons (Fsp3) is 0.417. The van der Waals surface area contributed by atoms with Crippen LogP contribution in [0, 0.1) is 13.8 Å². The molecule has 0 aliphatic heterocycles. The van der Waals surface area contributed by atoms with Crippen LogP contribution in [-0.2, 0) is 6.42 Å². The summed E-state index contributed by atoms with van der Waals surface area (Å²) >= 11 is 1.58. The molecular formula is C12H16N4OS.